The topological polar surface area (TPSA) is 32.3 Å². The van der Waals surface area contributed by atoms with Crippen molar-refractivity contribution in [3.63, 3.8) is 0 Å². The molecule has 16 heavy (non-hydrogen) atoms. The largest absolute Gasteiger partial charge is 0.508 e. The third-order valence-corrected chi connectivity index (χ3v) is 2.95. The SMILES string of the molecule is CCCC(CC)NCCc1ccccc1O. The van der Waals surface area contributed by atoms with E-state index in [0.717, 1.165) is 18.5 Å². The number of benzene rings is 1. The second-order valence-corrected chi connectivity index (χ2v) is 4.23. The maximum absolute atomic E-state index is 9.61. The molecule has 1 aromatic rings. The average Bonchev–Trinajstić information content (AvgIpc) is 2.30. The first-order valence-electron chi connectivity index (χ1n) is 6.28. The van der Waals surface area contributed by atoms with Crippen LogP contribution in [0.1, 0.15) is 38.7 Å². The summed E-state index contributed by atoms with van der Waals surface area (Å²) in [6, 6.07) is 8.18. The van der Waals surface area contributed by atoms with Crippen molar-refractivity contribution in [1.82, 2.24) is 5.32 Å². The molecule has 0 saturated heterocycles. The Labute approximate surface area is 98.7 Å². The zero-order valence-corrected chi connectivity index (χ0v) is 10.4. The lowest BCUT2D eigenvalue weighted by atomic mass is 10.1. The Kier molecular flexibility index (Phi) is 5.94. The van der Waals surface area contributed by atoms with Crippen molar-refractivity contribution < 1.29 is 5.11 Å². The van der Waals surface area contributed by atoms with E-state index in [1.165, 1.54) is 19.3 Å². The van der Waals surface area contributed by atoms with Gasteiger partial charge in [0, 0.05) is 6.04 Å². The summed E-state index contributed by atoms with van der Waals surface area (Å²) in [5, 5.41) is 13.1. The first-order valence-corrected chi connectivity index (χ1v) is 6.28. The Morgan fingerprint density at radius 2 is 2.00 bits per heavy atom. The summed E-state index contributed by atoms with van der Waals surface area (Å²) in [5.41, 5.74) is 1.03. The minimum absolute atomic E-state index is 0.410. The average molecular weight is 221 g/mol. The normalized spacial score (nSPS) is 12.6. The quantitative estimate of drug-likeness (QED) is 0.741. The maximum Gasteiger partial charge on any atom is 0.118 e. The molecular formula is C14H23NO. The van der Waals surface area contributed by atoms with Gasteiger partial charge in [0.1, 0.15) is 5.75 Å². The van der Waals surface area contributed by atoms with E-state index in [9.17, 15) is 5.11 Å². The van der Waals surface area contributed by atoms with Crippen LogP contribution < -0.4 is 5.32 Å². The van der Waals surface area contributed by atoms with E-state index >= 15 is 0 Å². The molecule has 0 aliphatic carbocycles. The van der Waals surface area contributed by atoms with Crippen LogP contribution in [0.2, 0.25) is 0 Å². The van der Waals surface area contributed by atoms with Crippen LogP contribution in [0.3, 0.4) is 0 Å². The Bertz CT molecular complexity index is 299. The molecule has 1 aromatic carbocycles. The fourth-order valence-electron chi connectivity index (χ4n) is 1.93. The van der Waals surface area contributed by atoms with E-state index in [1.807, 2.05) is 18.2 Å². The highest BCUT2D eigenvalue weighted by atomic mass is 16.3. The summed E-state index contributed by atoms with van der Waals surface area (Å²) in [6.07, 6.45) is 4.53. The molecule has 0 fully saturated rings. The third-order valence-electron chi connectivity index (χ3n) is 2.95. The molecule has 0 bridgehead atoms. The first-order chi connectivity index (χ1) is 7.77. The fourth-order valence-corrected chi connectivity index (χ4v) is 1.93. The third kappa shape index (κ3) is 4.23. The van der Waals surface area contributed by atoms with Crippen LogP contribution in [0.15, 0.2) is 24.3 Å². The van der Waals surface area contributed by atoms with Crippen LogP contribution in [0, 0.1) is 0 Å². The highest BCUT2D eigenvalue weighted by molar-refractivity contribution is 5.31. The lowest BCUT2D eigenvalue weighted by Gasteiger charge is -2.16. The number of hydrogen-bond donors (Lipinski definition) is 2. The Morgan fingerprint density at radius 3 is 2.62 bits per heavy atom. The molecule has 1 atom stereocenters. The fraction of sp³-hybridized carbons (Fsp3) is 0.571. The van der Waals surface area contributed by atoms with Gasteiger partial charge < -0.3 is 10.4 Å². The molecule has 0 aliphatic rings. The molecule has 2 heteroatoms. The van der Waals surface area contributed by atoms with Crippen molar-refractivity contribution in [2.75, 3.05) is 6.54 Å². The molecule has 90 valence electrons. The van der Waals surface area contributed by atoms with Gasteiger partial charge in [0.2, 0.25) is 0 Å². The molecule has 2 N–H and O–H groups in total. The highest BCUT2D eigenvalue weighted by Crippen LogP contribution is 2.15. The number of aromatic hydroxyl groups is 1. The Balaban J connectivity index is 2.32. The van der Waals surface area contributed by atoms with Gasteiger partial charge >= 0.3 is 0 Å². The van der Waals surface area contributed by atoms with E-state index < -0.39 is 0 Å². The molecule has 0 heterocycles. The van der Waals surface area contributed by atoms with Gasteiger partial charge in [-0.15, -0.1) is 0 Å². The van der Waals surface area contributed by atoms with Crippen molar-refractivity contribution in [3.8, 4) is 5.75 Å². The highest BCUT2D eigenvalue weighted by Gasteiger charge is 2.04. The molecule has 2 nitrogen and oxygen atoms in total. The Hall–Kier alpha value is -1.02. The lowest BCUT2D eigenvalue weighted by molar-refractivity contribution is 0.451. The number of para-hydroxylation sites is 1. The molecule has 0 aromatic heterocycles. The number of rotatable bonds is 7. The predicted molar refractivity (Wildman–Crippen MR) is 68.8 cm³/mol. The molecule has 0 aliphatic heterocycles. The monoisotopic (exact) mass is 221 g/mol. The van der Waals surface area contributed by atoms with Crippen LogP contribution in [0.5, 0.6) is 5.75 Å². The zero-order valence-electron chi connectivity index (χ0n) is 10.4. The molecule has 1 rings (SSSR count). The summed E-state index contributed by atoms with van der Waals surface area (Å²) in [6.45, 7) is 5.37. The van der Waals surface area contributed by atoms with E-state index in [-0.39, 0.29) is 0 Å². The van der Waals surface area contributed by atoms with Crippen LogP contribution >= 0.6 is 0 Å². The standard InChI is InChI=1S/C14H23NO/c1-3-7-13(4-2)15-11-10-12-8-5-6-9-14(12)16/h5-6,8-9,13,15-16H,3-4,7,10-11H2,1-2H3. The summed E-state index contributed by atoms with van der Waals surface area (Å²) >= 11 is 0. The molecule has 0 amide bonds. The van der Waals surface area contributed by atoms with Gasteiger partial charge in [-0.2, -0.15) is 0 Å². The van der Waals surface area contributed by atoms with Crippen molar-refractivity contribution >= 4 is 0 Å². The lowest BCUT2D eigenvalue weighted by Crippen LogP contribution is -2.30. The van der Waals surface area contributed by atoms with Crippen LogP contribution in [-0.4, -0.2) is 17.7 Å². The van der Waals surface area contributed by atoms with Crippen molar-refractivity contribution in [1.29, 1.82) is 0 Å². The maximum atomic E-state index is 9.61. The minimum Gasteiger partial charge on any atom is -0.508 e. The minimum atomic E-state index is 0.410. The molecule has 0 saturated carbocycles. The summed E-state index contributed by atoms with van der Waals surface area (Å²) < 4.78 is 0. The summed E-state index contributed by atoms with van der Waals surface area (Å²) in [5.74, 6) is 0.410. The van der Waals surface area contributed by atoms with E-state index in [2.05, 4.69) is 19.2 Å². The molecular weight excluding hydrogens is 198 g/mol. The molecule has 0 radical (unpaired) electrons. The van der Waals surface area contributed by atoms with Gasteiger partial charge in [0.25, 0.3) is 0 Å². The smallest absolute Gasteiger partial charge is 0.118 e. The summed E-state index contributed by atoms with van der Waals surface area (Å²) in [7, 11) is 0. The second-order valence-electron chi connectivity index (χ2n) is 4.23. The van der Waals surface area contributed by atoms with Crippen LogP contribution in [0.25, 0.3) is 0 Å². The second kappa shape index (κ2) is 7.29. The van der Waals surface area contributed by atoms with E-state index in [4.69, 9.17) is 0 Å². The van der Waals surface area contributed by atoms with Crippen molar-refractivity contribution in [2.45, 2.75) is 45.6 Å². The van der Waals surface area contributed by atoms with Crippen LogP contribution in [0.4, 0.5) is 0 Å². The zero-order chi connectivity index (χ0) is 11.8. The van der Waals surface area contributed by atoms with Crippen molar-refractivity contribution in [2.24, 2.45) is 0 Å². The van der Waals surface area contributed by atoms with Gasteiger partial charge in [0.15, 0.2) is 0 Å². The van der Waals surface area contributed by atoms with Gasteiger partial charge in [-0.25, -0.2) is 0 Å². The summed E-state index contributed by atoms with van der Waals surface area (Å²) in [4.78, 5) is 0. The van der Waals surface area contributed by atoms with Gasteiger partial charge in [-0.3, -0.25) is 0 Å². The number of hydrogen-bond acceptors (Lipinski definition) is 2. The van der Waals surface area contributed by atoms with E-state index in [1.54, 1.807) is 6.07 Å². The Morgan fingerprint density at radius 1 is 1.25 bits per heavy atom. The van der Waals surface area contributed by atoms with Gasteiger partial charge in [0.05, 0.1) is 0 Å². The van der Waals surface area contributed by atoms with E-state index in [0.29, 0.717) is 11.8 Å². The van der Waals surface area contributed by atoms with Crippen molar-refractivity contribution in [3.05, 3.63) is 29.8 Å². The van der Waals surface area contributed by atoms with Gasteiger partial charge in [-0.1, -0.05) is 38.5 Å². The molecule has 0 spiro atoms. The first kappa shape index (κ1) is 13.0. The van der Waals surface area contributed by atoms with Crippen LogP contribution in [-0.2, 0) is 6.42 Å². The van der Waals surface area contributed by atoms with Gasteiger partial charge in [-0.05, 0) is 37.4 Å². The predicted octanol–water partition coefficient (Wildman–Crippen LogP) is 3.10. The number of phenols is 1. The number of phenolic OH excluding ortho intramolecular Hbond substituents is 1. The number of nitrogens with one attached hydrogen (secondary N) is 1. The molecule has 1 unspecified atom stereocenters.